The summed E-state index contributed by atoms with van der Waals surface area (Å²) < 4.78 is 27.0. The predicted octanol–water partition coefficient (Wildman–Crippen LogP) is 2.06. The van der Waals surface area contributed by atoms with Crippen molar-refractivity contribution in [3.05, 3.63) is 59.7 Å². The molecule has 0 aliphatic carbocycles. The van der Waals surface area contributed by atoms with Crippen LogP contribution < -0.4 is 10.5 Å². The molecule has 0 aliphatic heterocycles. The molecule has 0 aliphatic rings. The Bertz CT molecular complexity index is 667. The van der Waals surface area contributed by atoms with Crippen LogP contribution in [0.15, 0.2) is 53.4 Å². The summed E-state index contributed by atoms with van der Waals surface area (Å²) in [6, 6.07) is 14.2. The highest BCUT2D eigenvalue weighted by Crippen LogP contribution is 2.20. The summed E-state index contributed by atoms with van der Waals surface area (Å²) >= 11 is 0. The van der Waals surface area contributed by atoms with Crippen molar-refractivity contribution in [3.8, 4) is 0 Å². The molecule has 0 fully saturated rings. The second-order valence-electron chi connectivity index (χ2n) is 4.28. The lowest BCUT2D eigenvalue weighted by Gasteiger charge is -2.10. The first-order valence-corrected chi connectivity index (χ1v) is 7.38. The molecule has 2 aromatic rings. The Morgan fingerprint density at radius 3 is 2.42 bits per heavy atom. The summed E-state index contributed by atoms with van der Waals surface area (Å²) in [6.07, 6.45) is 0. The second kappa shape index (κ2) is 5.42. The molecule has 100 valence electrons. The van der Waals surface area contributed by atoms with Crippen LogP contribution in [0, 0.1) is 6.92 Å². The quantitative estimate of drug-likeness (QED) is 0.840. The number of anilines is 1. The first kappa shape index (κ1) is 13.6. The molecule has 0 saturated carbocycles. The third-order valence-corrected chi connectivity index (χ3v) is 4.47. The molecule has 0 amide bonds. The molecule has 0 atom stereocenters. The van der Waals surface area contributed by atoms with Crippen molar-refractivity contribution in [2.75, 3.05) is 5.73 Å². The van der Waals surface area contributed by atoms with Crippen molar-refractivity contribution in [2.45, 2.75) is 18.4 Å². The van der Waals surface area contributed by atoms with E-state index in [2.05, 4.69) is 4.72 Å². The van der Waals surface area contributed by atoms with E-state index >= 15 is 0 Å². The molecule has 0 bridgehead atoms. The summed E-state index contributed by atoms with van der Waals surface area (Å²) in [6.45, 7) is 1.96. The monoisotopic (exact) mass is 276 g/mol. The Morgan fingerprint density at radius 2 is 1.74 bits per heavy atom. The van der Waals surface area contributed by atoms with Gasteiger partial charge in [-0.25, -0.2) is 13.1 Å². The summed E-state index contributed by atoms with van der Waals surface area (Å²) in [5.41, 5.74) is 7.69. The van der Waals surface area contributed by atoms with E-state index in [-0.39, 0.29) is 11.4 Å². The molecule has 0 saturated heterocycles. The van der Waals surface area contributed by atoms with Crippen LogP contribution in [-0.2, 0) is 16.6 Å². The minimum absolute atomic E-state index is 0.225. The van der Waals surface area contributed by atoms with Gasteiger partial charge in [0.2, 0.25) is 10.0 Å². The Labute approximate surface area is 113 Å². The zero-order valence-corrected chi connectivity index (χ0v) is 11.4. The van der Waals surface area contributed by atoms with E-state index in [1.807, 2.05) is 30.3 Å². The number of nitrogen functional groups attached to an aromatic ring is 1. The third-order valence-electron chi connectivity index (χ3n) is 2.92. The molecule has 0 radical (unpaired) electrons. The molecule has 0 spiro atoms. The SMILES string of the molecule is Cc1c(N)cccc1S(=O)(=O)NCc1ccccc1. The fourth-order valence-corrected chi connectivity index (χ4v) is 3.07. The summed E-state index contributed by atoms with van der Waals surface area (Å²) in [7, 11) is -3.54. The Balaban J connectivity index is 2.22. The maximum absolute atomic E-state index is 12.2. The lowest BCUT2D eigenvalue weighted by Crippen LogP contribution is -2.24. The number of benzene rings is 2. The van der Waals surface area contributed by atoms with Gasteiger partial charge in [-0.3, -0.25) is 0 Å². The van der Waals surface area contributed by atoms with E-state index in [1.54, 1.807) is 25.1 Å². The van der Waals surface area contributed by atoms with Crippen LogP contribution in [0.4, 0.5) is 5.69 Å². The lowest BCUT2D eigenvalue weighted by atomic mass is 10.2. The van der Waals surface area contributed by atoms with Crippen molar-refractivity contribution in [3.63, 3.8) is 0 Å². The van der Waals surface area contributed by atoms with Crippen molar-refractivity contribution in [1.29, 1.82) is 0 Å². The van der Waals surface area contributed by atoms with E-state index in [0.29, 0.717) is 11.3 Å². The number of nitrogens with one attached hydrogen (secondary N) is 1. The van der Waals surface area contributed by atoms with Gasteiger partial charge in [0.05, 0.1) is 4.90 Å². The number of rotatable bonds is 4. The molecule has 2 aromatic carbocycles. The van der Waals surface area contributed by atoms with E-state index in [4.69, 9.17) is 5.73 Å². The molecular weight excluding hydrogens is 260 g/mol. The zero-order chi connectivity index (χ0) is 13.9. The zero-order valence-electron chi connectivity index (χ0n) is 10.6. The second-order valence-corrected chi connectivity index (χ2v) is 6.02. The number of nitrogens with two attached hydrogens (primary N) is 1. The van der Waals surface area contributed by atoms with Crippen LogP contribution in [0.3, 0.4) is 0 Å². The Morgan fingerprint density at radius 1 is 1.05 bits per heavy atom. The number of hydrogen-bond donors (Lipinski definition) is 2. The molecule has 5 heteroatoms. The van der Waals surface area contributed by atoms with Crippen LogP contribution >= 0.6 is 0 Å². The smallest absolute Gasteiger partial charge is 0.241 e. The Kier molecular flexibility index (Phi) is 3.87. The van der Waals surface area contributed by atoms with Gasteiger partial charge in [-0.05, 0) is 30.2 Å². The molecular formula is C14H16N2O2S. The number of sulfonamides is 1. The maximum Gasteiger partial charge on any atom is 0.241 e. The first-order chi connectivity index (χ1) is 9.00. The molecule has 0 heterocycles. The summed E-state index contributed by atoms with van der Waals surface area (Å²) in [5.74, 6) is 0. The van der Waals surface area contributed by atoms with E-state index < -0.39 is 10.0 Å². The standard InChI is InChI=1S/C14H16N2O2S/c1-11-13(15)8-5-9-14(11)19(17,18)16-10-12-6-3-2-4-7-12/h2-9,16H,10,15H2,1H3. The molecule has 0 unspecified atom stereocenters. The molecule has 4 nitrogen and oxygen atoms in total. The van der Waals surface area contributed by atoms with Gasteiger partial charge in [-0.1, -0.05) is 36.4 Å². The minimum atomic E-state index is -3.54. The number of hydrogen-bond acceptors (Lipinski definition) is 3. The minimum Gasteiger partial charge on any atom is -0.398 e. The van der Waals surface area contributed by atoms with E-state index in [9.17, 15) is 8.42 Å². The predicted molar refractivity (Wildman–Crippen MR) is 76.1 cm³/mol. The average Bonchev–Trinajstić information content (AvgIpc) is 2.41. The fraction of sp³-hybridized carbons (Fsp3) is 0.143. The van der Waals surface area contributed by atoms with Crippen molar-refractivity contribution in [1.82, 2.24) is 4.72 Å². The van der Waals surface area contributed by atoms with Gasteiger partial charge in [0.25, 0.3) is 0 Å². The average molecular weight is 276 g/mol. The maximum atomic E-state index is 12.2. The topological polar surface area (TPSA) is 72.2 Å². The van der Waals surface area contributed by atoms with Gasteiger partial charge < -0.3 is 5.73 Å². The van der Waals surface area contributed by atoms with Crippen LogP contribution in [0.2, 0.25) is 0 Å². The normalized spacial score (nSPS) is 11.4. The van der Waals surface area contributed by atoms with Crippen molar-refractivity contribution < 1.29 is 8.42 Å². The third kappa shape index (κ3) is 3.13. The lowest BCUT2D eigenvalue weighted by molar-refractivity contribution is 0.580. The van der Waals surface area contributed by atoms with E-state index in [1.165, 1.54) is 0 Å². The Hall–Kier alpha value is -1.85. The van der Waals surface area contributed by atoms with Gasteiger partial charge in [0, 0.05) is 12.2 Å². The van der Waals surface area contributed by atoms with Gasteiger partial charge in [-0.2, -0.15) is 0 Å². The van der Waals surface area contributed by atoms with Crippen LogP contribution in [-0.4, -0.2) is 8.42 Å². The highest BCUT2D eigenvalue weighted by molar-refractivity contribution is 7.89. The van der Waals surface area contributed by atoms with Gasteiger partial charge in [-0.15, -0.1) is 0 Å². The molecule has 0 aromatic heterocycles. The van der Waals surface area contributed by atoms with Crippen molar-refractivity contribution >= 4 is 15.7 Å². The van der Waals surface area contributed by atoms with Crippen LogP contribution in [0.25, 0.3) is 0 Å². The van der Waals surface area contributed by atoms with E-state index in [0.717, 1.165) is 5.56 Å². The van der Waals surface area contributed by atoms with Crippen LogP contribution in [0.5, 0.6) is 0 Å². The summed E-state index contributed by atoms with van der Waals surface area (Å²) in [5, 5.41) is 0. The molecule has 2 rings (SSSR count). The molecule has 3 N–H and O–H groups in total. The molecule has 19 heavy (non-hydrogen) atoms. The van der Waals surface area contributed by atoms with Gasteiger partial charge >= 0.3 is 0 Å². The van der Waals surface area contributed by atoms with Gasteiger partial charge in [0.15, 0.2) is 0 Å². The highest BCUT2D eigenvalue weighted by Gasteiger charge is 2.17. The van der Waals surface area contributed by atoms with Gasteiger partial charge in [0.1, 0.15) is 0 Å². The van der Waals surface area contributed by atoms with Crippen molar-refractivity contribution in [2.24, 2.45) is 0 Å². The first-order valence-electron chi connectivity index (χ1n) is 5.89. The summed E-state index contributed by atoms with van der Waals surface area (Å²) in [4.78, 5) is 0.225. The van der Waals surface area contributed by atoms with Crippen LogP contribution in [0.1, 0.15) is 11.1 Å². The highest BCUT2D eigenvalue weighted by atomic mass is 32.2. The largest absolute Gasteiger partial charge is 0.398 e. The fourth-order valence-electron chi connectivity index (χ4n) is 1.77.